The first-order valence-corrected chi connectivity index (χ1v) is 7.33. The van der Waals surface area contributed by atoms with Crippen LogP contribution in [0.25, 0.3) is 0 Å². The molecule has 0 aliphatic heterocycles. The summed E-state index contributed by atoms with van der Waals surface area (Å²) < 4.78 is 11.3. The molecule has 2 rings (SSSR count). The van der Waals surface area contributed by atoms with E-state index >= 15 is 0 Å². The highest BCUT2D eigenvalue weighted by Gasteiger charge is 2.53. The van der Waals surface area contributed by atoms with Crippen molar-refractivity contribution in [1.29, 1.82) is 0 Å². The maximum absolute atomic E-state index is 12.5. The van der Waals surface area contributed by atoms with Gasteiger partial charge in [-0.25, -0.2) is 0 Å². The molecule has 1 heterocycles. The smallest absolute Gasteiger partial charge is 0.323 e. The molecule has 1 aliphatic carbocycles. The van der Waals surface area contributed by atoms with Crippen LogP contribution in [0.2, 0.25) is 0 Å². The number of pyridine rings is 1. The third-order valence-electron chi connectivity index (χ3n) is 4.65. The maximum Gasteiger partial charge on any atom is 0.323 e. The van der Waals surface area contributed by atoms with E-state index in [0.29, 0.717) is 12.1 Å². The number of esters is 2. The van der Waals surface area contributed by atoms with E-state index in [-0.39, 0.29) is 18.4 Å². The summed E-state index contributed by atoms with van der Waals surface area (Å²) in [5.74, 6) is -1.27. The third-order valence-corrected chi connectivity index (χ3v) is 4.65. The zero-order chi connectivity index (χ0) is 17.4. The van der Waals surface area contributed by atoms with E-state index in [9.17, 15) is 14.4 Å². The Kier molecular flexibility index (Phi) is 4.45. The summed E-state index contributed by atoms with van der Waals surface area (Å²) in [5.41, 5.74) is 1.31. The number of ether oxygens (including phenoxy) is 2. The molecule has 0 atom stereocenters. The van der Waals surface area contributed by atoms with Crippen molar-refractivity contribution in [2.24, 2.45) is 5.41 Å². The van der Waals surface area contributed by atoms with E-state index in [0.717, 1.165) is 16.8 Å². The lowest BCUT2D eigenvalue weighted by Crippen LogP contribution is -2.42. The van der Waals surface area contributed by atoms with E-state index in [1.165, 1.54) is 14.2 Å². The Balaban J connectivity index is 2.68. The molecule has 124 valence electrons. The van der Waals surface area contributed by atoms with Crippen LogP contribution in [-0.4, -0.2) is 30.7 Å². The molecular weight excluding hydrogens is 298 g/mol. The zero-order valence-corrected chi connectivity index (χ0v) is 13.9. The molecule has 6 nitrogen and oxygen atoms in total. The van der Waals surface area contributed by atoms with E-state index in [1.54, 1.807) is 17.6 Å². The fourth-order valence-electron chi connectivity index (χ4n) is 3.34. The molecule has 0 bridgehead atoms. The Morgan fingerprint density at radius 3 is 2.17 bits per heavy atom. The highest BCUT2D eigenvalue weighted by Crippen LogP contribution is 2.41. The topological polar surface area (TPSA) is 74.6 Å². The number of nitrogens with zero attached hydrogens (tertiary/aromatic N) is 1. The lowest BCUT2D eigenvalue weighted by Gasteiger charge is -2.22. The van der Waals surface area contributed by atoms with Crippen molar-refractivity contribution in [1.82, 2.24) is 4.57 Å². The summed E-state index contributed by atoms with van der Waals surface area (Å²) in [6.45, 7) is 7.57. The Morgan fingerprint density at radius 1 is 1.17 bits per heavy atom. The van der Waals surface area contributed by atoms with Gasteiger partial charge in [0.1, 0.15) is 0 Å². The summed E-state index contributed by atoms with van der Waals surface area (Å²) in [6.07, 6.45) is 1.94. The van der Waals surface area contributed by atoms with Gasteiger partial charge in [-0.3, -0.25) is 14.4 Å². The molecule has 0 fully saturated rings. The molecule has 1 aromatic rings. The monoisotopic (exact) mass is 319 g/mol. The van der Waals surface area contributed by atoms with Gasteiger partial charge in [0.25, 0.3) is 5.56 Å². The van der Waals surface area contributed by atoms with Gasteiger partial charge in [0.15, 0.2) is 5.41 Å². The Bertz CT molecular complexity index is 728. The van der Waals surface area contributed by atoms with Crippen LogP contribution >= 0.6 is 0 Å². The Labute approximate surface area is 134 Å². The standard InChI is InChI=1S/C17H21NO5/c1-6-7-18-11(3)13-9-17(15(20)22-4,16(21)23-5)8-12(13)10(2)14(18)19/h6H,1,7-9H2,2-5H3. The molecule has 1 aliphatic rings. The van der Waals surface area contributed by atoms with Crippen molar-refractivity contribution in [3.05, 3.63) is 45.4 Å². The predicted octanol–water partition coefficient (Wildman–Crippen LogP) is 1.08. The summed E-state index contributed by atoms with van der Waals surface area (Å²) in [5, 5.41) is 0. The predicted molar refractivity (Wildman–Crippen MR) is 84.2 cm³/mol. The molecule has 0 saturated heterocycles. The second-order valence-electron chi connectivity index (χ2n) is 5.79. The second kappa shape index (κ2) is 6.02. The molecule has 0 unspecified atom stereocenters. The average Bonchev–Trinajstić information content (AvgIpc) is 2.97. The van der Waals surface area contributed by atoms with Crippen LogP contribution in [0, 0.1) is 19.3 Å². The van der Waals surface area contributed by atoms with Gasteiger partial charge < -0.3 is 14.0 Å². The van der Waals surface area contributed by atoms with Gasteiger partial charge in [-0.05, 0) is 25.0 Å². The lowest BCUT2D eigenvalue weighted by molar-refractivity contribution is -0.168. The lowest BCUT2D eigenvalue weighted by atomic mass is 9.84. The first-order chi connectivity index (χ1) is 10.8. The highest BCUT2D eigenvalue weighted by atomic mass is 16.5. The number of allylic oxidation sites excluding steroid dienone is 1. The van der Waals surface area contributed by atoms with Crippen molar-refractivity contribution in [3.8, 4) is 0 Å². The van der Waals surface area contributed by atoms with Crippen LogP contribution in [0.1, 0.15) is 22.4 Å². The number of fused-ring (bicyclic) bond motifs is 1. The minimum Gasteiger partial charge on any atom is -0.468 e. The quantitative estimate of drug-likeness (QED) is 0.472. The van der Waals surface area contributed by atoms with Gasteiger partial charge >= 0.3 is 11.9 Å². The zero-order valence-electron chi connectivity index (χ0n) is 13.9. The van der Waals surface area contributed by atoms with E-state index in [2.05, 4.69) is 6.58 Å². The first kappa shape index (κ1) is 17.0. The average molecular weight is 319 g/mol. The maximum atomic E-state index is 12.5. The van der Waals surface area contributed by atoms with Crippen LogP contribution in [0.3, 0.4) is 0 Å². The number of carbonyl (C=O) groups is 2. The molecule has 23 heavy (non-hydrogen) atoms. The van der Waals surface area contributed by atoms with Crippen LogP contribution < -0.4 is 5.56 Å². The molecule has 0 radical (unpaired) electrons. The number of rotatable bonds is 4. The SMILES string of the molecule is C=CCn1c(C)c2c(c(C)c1=O)CC(C(=O)OC)(C(=O)OC)C2. The molecule has 0 amide bonds. The minimum absolute atomic E-state index is 0.124. The van der Waals surface area contributed by atoms with E-state index in [4.69, 9.17) is 9.47 Å². The van der Waals surface area contributed by atoms with Crippen LogP contribution in [0.15, 0.2) is 17.4 Å². The number of hydrogen-bond acceptors (Lipinski definition) is 5. The van der Waals surface area contributed by atoms with Crippen molar-refractivity contribution in [2.45, 2.75) is 33.2 Å². The summed E-state index contributed by atoms with van der Waals surface area (Å²) >= 11 is 0. The van der Waals surface area contributed by atoms with Crippen molar-refractivity contribution in [2.75, 3.05) is 14.2 Å². The second-order valence-corrected chi connectivity index (χ2v) is 5.79. The highest BCUT2D eigenvalue weighted by molar-refractivity contribution is 6.01. The Hall–Kier alpha value is -2.37. The van der Waals surface area contributed by atoms with Gasteiger partial charge in [0.05, 0.1) is 14.2 Å². The fourth-order valence-corrected chi connectivity index (χ4v) is 3.34. The first-order valence-electron chi connectivity index (χ1n) is 7.33. The largest absolute Gasteiger partial charge is 0.468 e. The Morgan fingerprint density at radius 2 is 1.70 bits per heavy atom. The van der Waals surface area contributed by atoms with E-state index < -0.39 is 17.4 Å². The molecule has 6 heteroatoms. The molecule has 0 saturated carbocycles. The normalized spacial score (nSPS) is 15.0. The summed E-state index contributed by atoms with van der Waals surface area (Å²) in [6, 6.07) is 0. The molecule has 1 aromatic heterocycles. The molecule has 0 spiro atoms. The summed E-state index contributed by atoms with van der Waals surface area (Å²) in [4.78, 5) is 37.1. The van der Waals surface area contributed by atoms with Crippen LogP contribution in [-0.2, 0) is 38.4 Å². The molecule has 0 N–H and O–H groups in total. The molecular formula is C17H21NO5. The van der Waals surface area contributed by atoms with Gasteiger partial charge in [0.2, 0.25) is 0 Å². The number of hydrogen-bond donors (Lipinski definition) is 0. The van der Waals surface area contributed by atoms with Crippen molar-refractivity contribution in [3.63, 3.8) is 0 Å². The van der Waals surface area contributed by atoms with Gasteiger partial charge in [-0.15, -0.1) is 6.58 Å². The summed E-state index contributed by atoms with van der Waals surface area (Å²) in [7, 11) is 2.49. The van der Waals surface area contributed by atoms with Crippen molar-refractivity contribution < 1.29 is 19.1 Å². The van der Waals surface area contributed by atoms with Gasteiger partial charge in [-0.1, -0.05) is 6.08 Å². The minimum atomic E-state index is -1.42. The van der Waals surface area contributed by atoms with Crippen LogP contribution in [0.4, 0.5) is 0 Å². The van der Waals surface area contributed by atoms with Gasteiger partial charge in [0, 0.05) is 30.6 Å². The fraction of sp³-hybridized carbons (Fsp3) is 0.471. The van der Waals surface area contributed by atoms with E-state index in [1.807, 2.05) is 6.92 Å². The van der Waals surface area contributed by atoms with Crippen LogP contribution in [0.5, 0.6) is 0 Å². The van der Waals surface area contributed by atoms with Gasteiger partial charge in [-0.2, -0.15) is 0 Å². The number of carbonyl (C=O) groups excluding carboxylic acids is 2. The molecule has 0 aromatic carbocycles. The number of aromatic nitrogens is 1. The van der Waals surface area contributed by atoms with Crippen molar-refractivity contribution >= 4 is 11.9 Å². The third kappa shape index (κ3) is 2.38. The number of methoxy groups -OCH3 is 2.